The average molecular weight is 580 g/mol. The van der Waals surface area contributed by atoms with Gasteiger partial charge in [-0.15, -0.1) is 0 Å². The van der Waals surface area contributed by atoms with E-state index in [4.69, 9.17) is 25.9 Å². The van der Waals surface area contributed by atoms with E-state index in [1.807, 2.05) is 41.9 Å². The number of nitrogens with two attached hydrogens (primary N) is 2. The monoisotopic (exact) mass is 579 g/mol. The summed E-state index contributed by atoms with van der Waals surface area (Å²) < 4.78 is 12.7. The second-order valence-corrected chi connectivity index (χ2v) is 9.81. The number of benzene rings is 3. The molecule has 0 aliphatic heterocycles. The van der Waals surface area contributed by atoms with Crippen molar-refractivity contribution in [3.8, 4) is 11.5 Å². The molecule has 0 radical (unpaired) electrons. The normalized spacial score (nSPS) is 11.0. The lowest BCUT2D eigenvalue weighted by atomic mass is 10.1. The van der Waals surface area contributed by atoms with Crippen molar-refractivity contribution < 1.29 is 19.1 Å². The van der Waals surface area contributed by atoms with Gasteiger partial charge in [0.2, 0.25) is 0 Å². The number of aryl methyl sites for hydroxylation is 1. The Morgan fingerprint density at radius 3 is 2.42 bits per heavy atom. The van der Waals surface area contributed by atoms with Gasteiger partial charge in [-0.1, -0.05) is 30.3 Å². The first-order valence-corrected chi connectivity index (χ1v) is 13.7. The van der Waals surface area contributed by atoms with E-state index < -0.39 is 12.1 Å². The predicted molar refractivity (Wildman–Crippen MR) is 165 cm³/mol. The van der Waals surface area contributed by atoms with Gasteiger partial charge >= 0.3 is 5.97 Å². The third kappa shape index (κ3) is 6.80. The zero-order chi connectivity index (χ0) is 30.3. The highest BCUT2D eigenvalue weighted by Crippen LogP contribution is 2.26. The highest BCUT2D eigenvalue weighted by molar-refractivity contribution is 6.07. The maximum atomic E-state index is 13.8. The van der Waals surface area contributed by atoms with Crippen molar-refractivity contribution in [1.82, 2.24) is 14.5 Å². The molecule has 11 nitrogen and oxygen atoms in total. The lowest BCUT2D eigenvalue weighted by molar-refractivity contribution is -0.134. The first-order chi connectivity index (χ1) is 20.8. The number of anilines is 2. The number of carbonyl (C=O) groups is 2. The van der Waals surface area contributed by atoms with Crippen LogP contribution < -0.4 is 31.2 Å². The van der Waals surface area contributed by atoms with E-state index in [1.54, 1.807) is 60.8 Å². The van der Waals surface area contributed by atoms with E-state index >= 15 is 0 Å². The largest absolute Gasteiger partial charge is 0.493 e. The molecule has 5 rings (SSSR count). The number of methoxy groups -OCH3 is 1. The van der Waals surface area contributed by atoms with Gasteiger partial charge in [0.1, 0.15) is 11.6 Å². The highest BCUT2D eigenvalue weighted by atomic mass is 16.6. The maximum Gasteiger partial charge on any atom is 0.313 e. The average Bonchev–Trinajstić information content (AvgIpc) is 3.35. The molecule has 0 saturated heterocycles. The van der Waals surface area contributed by atoms with Gasteiger partial charge in [-0.25, -0.2) is 9.97 Å². The molecule has 0 saturated carbocycles. The standard InChI is InChI=1S/C32H33N7O4/c1-38-25-15-12-22(19-24(25)37-29(38)20-36-23-13-10-21(11-14-23)31(33)34)32(41)39(28-9-5-6-17-35-28)18-16-30(40)43-27-8-4-3-7-26(27)42-2/h3-15,17,19,31,36H,16,18,20,33-34H2,1-2H3. The number of imidazole rings is 1. The van der Waals surface area contributed by atoms with Crippen LogP contribution in [0.25, 0.3) is 11.0 Å². The number of pyridine rings is 1. The molecular formula is C32H33N7O4. The number of hydrogen-bond acceptors (Lipinski definition) is 9. The number of hydrogen-bond donors (Lipinski definition) is 3. The van der Waals surface area contributed by atoms with Gasteiger partial charge in [0.05, 0.1) is 37.3 Å². The Morgan fingerprint density at radius 2 is 1.72 bits per heavy atom. The van der Waals surface area contributed by atoms with Gasteiger partial charge in [0.25, 0.3) is 5.91 Å². The van der Waals surface area contributed by atoms with Gasteiger partial charge in [0, 0.05) is 31.0 Å². The Labute approximate surface area is 249 Å². The van der Waals surface area contributed by atoms with E-state index in [1.165, 1.54) is 12.0 Å². The minimum atomic E-state index is -0.522. The quantitative estimate of drug-likeness (QED) is 0.119. The van der Waals surface area contributed by atoms with Gasteiger partial charge < -0.3 is 30.8 Å². The van der Waals surface area contributed by atoms with Gasteiger partial charge in [-0.05, 0) is 60.2 Å². The number of carbonyl (C=O) groups excluding carboxylic acids is 2. The zero-order valence-electron chi connectivity index (χ0n) is 23.9. The molecule has 1 amide bonds. The topological polar surface area (TPSA) is 151 Å². The Balaban J connectivity index is 1.32. The Hall–Kier alpha value is -5.26. The third-order valence-corrected chi connectivity index (χ3v) is 6.97. The number of amides is 1. The smallest absolute Gasteiger partial charge is 0.313 e. The number of nitrogens with one attached hydrogen (secondary N) is 1. The SMILES string of the molecule is COc1ccccc1OC(=O)CCN(C(=O)c1ccc2c(c1)nc(CNc1ccc(C(N)N)cc1)n2C)c1ccccn1. The molecule has 0 unspecified atom stereocenters. The molecule has 43 heavy (non-hydrogen) atoms. The lowest BCUT2D eigenvalue weighted by Crippen LogP contribution is -2.34. The fourth-order valence-corrected chi connectivity index (χ4v) is 4.61. The second-order valence-electron chi connectivity index (χ2n) is 9.81. The molecule has 0 atom stereocenters. The molecule has 5 N–H and O–H groups in total. The summed E-state index contributed by atoms with van der Waals surface area (Å²) in [5, 5.41) is 3.36. The second kappa shape index (κ2) is 13.1. The van der Waals surface area contributed by atoms with Crippen LogP contribution in [-0.4, -0.2) is 40.1 Å². The fraction of sp³-hybridized carbons (Fsp3) is 0.188. The van der Waals surface area contributed by atoms with Gasteiger partial charge in [-0.2, -0.15) is 0 Å². The summed E-state index contributed by atoms with van der Waals surface area (Å²) in [6, 6.07) is 25.1. The van der Waals surface area contributed by atoms with Crippen LogP contribution in [-0.2, 0) is 18.4 Å². The number of ether oxygens (including phenoxy) is 2. The van der Waals surface area contributed by atoms with E-state index in [0.29, 0.717) is 34.9 Å². The van der Waals surface area contributed by atoms with Crippen molar-refractivity contribution in [2.24, 2.45) is 18.5 Å². The number of esters is 1. The van der Waals surface area contributed by atoms with Gasteiger partial charge in [0.15, 0.2) is 11.5 Å². The number of aromatic nitrogens is 3. The number of nitrogens with zero attached hydrogens (tertiary/aromatic N) is 4. The molecule has 5 aromatic rings. The van der Waals surface area contributed by atoms with Crippen molar-refractivity contribution in [2.75, 3.05) is 23.9 Å². The molecule has 0 aliphatic carbocycles. The summed E-state index contributed by atoms with van der Waals surface area (Å²) in [6.07, 6.45) is 1.02. The Morgan fingerprint density at radius 1 is 0.977 bits per heavy atom. The molecule has 220 valence electrons. The number of fused-ring (bicyclic) bond motifs is 1. The summed E-state index contributed by atoms with van der Waals surface area (Å²) in [4.78, 5) is 37.1. The summed E-state index contributed by atoms with van der Waals surface area (Å²) in [5.74, 6) is 1.16. The van der Waals surface area contributed by atoms with Gasteiger partial charge in [-0.3, -0.25) is 14.5 Å². The van der Waals surface area contributed by atoms with Crippen LogP contribution in [0, 0.1) is 0 Å². The summed E-state index contributed by atoms with van der Waals surface area (Å²) in [6.45, 7) is 0.532. The lowest BCUT2D eigenvalue weighted by Gasteiger charge is -2.21. The molecule has 0 spiro atoms. The molecule has 0 bridgehead atoms. The molecule has 2 heterocycles. The van der Waals surface area contributed by atoms with Crippen molar-refractivity contribution in [3.05, 3.63) is 108 Å². The molecule has 0 aliphatic rings. The summed E-state index contributed by atoms with van der Waals surface area (Å²) in [5.41, 5.74) is 15.2. The maximum absolute atomic E-state index is 13.8. The van der Waals surface area contributed by atoms with E-state index in [9.17, 15) is 9.59 Å². The van der Waals surface area contributed by atoms with Crippen molar-refractivity contribution in [1.29, 1.82) is 0 Å². The minimum absolute atomic E-state index is 0.0553. The zero-order valence-corrected chi connectivity index (χ0v) is 23.9. The first-order valence-electron chi connectivity index (χ1n) is 13.7. The van der Waals surface area contributed by atoms with E-state index in [0.717, 1.165) is 22.6 Å². The van der Waals surface area contributed by atoms with Crippen molar-refractivity contribution in [3.63, 3.8) is 0 Å². The fourth-order valence-electron chi connectivity index (χ4n) is 4.61. The van der Waals surface area contributed by atoms with Crippen LogP contribution in [0.2, 0.25) is 0 Å². The van der Waals surface area contributed by atoms with E-state index in [2.05, 4.69) is 10.3 Å². The predicted octanol–water partition coefficient (Wildman–Crippen LogP) is 4.15. The van der Waals surface area contributed by atoms with Crippen LogP contribution in [0.4, 0.5) is 11.5 Å². The number of rotatable bonds is 11. The molecule has 3 aromatic carbocycles. The minimum Gasteiger partial charge on any atom is -0.493 e. The van der Waals surface area contributed by atoms with Crippen molar-refractivity contribution in [2.45, 2.75) is 19.1 Å². The third-order valence-electron chi connectivity index (χ3n) is 6.97. The Bertz CT molecular complexity index is 1720. The summed E-state index contributed by atoms with van der Waals surface area (Å²) in [7, 11) is 3.43. The molecule has 2 aromatic heterocycles. The summed E-state index contributed by atoms with van der Waals surface area (Å²) >= 11 is 0. The van der Waals surface area contributed by atoms with Crippen LogP contribution in [0.5, 0.6) is 11.5 Å². The van der Waals surface area contributed by atoms with Crippen LogP contribution >= 0.6 is 0 Å². The van der Waals surface area contributed by atoms with Crippen LogP contribution in [0.15, 0.2) is 91.1 Å². The molecule has 11 heteroatoms. The van der Waals surface area contributed by atoms with Crippen LogP contribution in [0.3, 0.4) is 0 Å². The molecular weight excluding hydrogens is 546 g/mol. The number of para-hydroxylation sites is 2. The Kier molecular flexibility index (Phi) is 8.94. The highest BCUT2D eigenvalue weighted by Gasteiger charge is 2.22. The molecule has 0 fully saturated rings. The first kappa shape index (κ1) is 29.2. The van der Waals surface area contributed by atoms with Crippen LogP contribution in [0.1, 0.15) is 34.3 Å². The van der Waals surface area contributed by atoms with E-state index in [-0.39, 0.29) is 18.9 Å². The van der Waals surface area contributed by atoms with Crippen molar-refractivity contribution >= 4 is 34.4 Å².